The molecule has 0 unspecified atom stereocenters. The smallest absolute Gasteiger partial charge is 0.326 e. The highest BCUT2D eigenvalue weighted by Gasteiger charge is 2.23. The molecule has 0 bridgehead atoms. The highest BCUT2D eigenvalue weighted by atomic mass is 16.5. The average Bonchev–Trinajstić information content (AvgIpc) is 2.38. The lowest BCUT2D eigenvalue weighted by atomic mass is 10.1. The first kappa shape index (κ1) is 14.2. The van der Waals surface area contributed by atoms with Gasteiger partial charge in [0.1, 0.15) is 17.5 Å². The normalized spacial score (nSPS) is 11.8. The summed E-state index contributed by atoms with van der Waals surface area (Å²) in [6, 6.07) is 4.74. The summed E-state index contributed by atoms with van der Waals surface area (Å²) in [5, 5.41) is 9.16. The summed E-state index contributed by atoms with van der Waals surface area (Å²) in [5.74, 6) is 0.418. The molecule has 1 atom stereocenters. The van der Waals surface area contributed by atoms with Crippen molar-refractivity contribution in [3.05, 3.63) is 18.2 Å². The fourth-order valence-corrected chi connectivity index (χ4v) is 1.86. The third-order valence-corrected chi connectivity index (χ3v) is 2.91. The van der Waals surface area contributed by atoms with Gasteiger partial charge in [0.25, 0.3) is 0 Å². The first-order chi connectivity index (χ1) is 8.54. The van der Waals surface area contributed by atoms with Crippen LogP contribution in [0.25, 0.3) is 0 Å². The third kappa shape index (κ3) is 2.85. The van der Waals surface area contributed by atoms with Crippen molar-refractivity contribution in [1.29, 1.82) is 0 Å². The second-order valence-electron chi connectivity index (χ2n) is 3.91. The Morgan fingerprint density at radius 2 is 2.06 bits per heavy atom. The Labute approximate surface area is 107 Å². The fourth-order valence-electron chi connectivity index (χ4n) is 1.86. The van der Waals surface area contributed by atoms with Crippen LogP contribution in [-0.4, -0.2) is 38.4 Å². The number of rotatable bonds is 6. The standard InChI is InChI=1S/C13H19NO4/c1-5-10(13(15)16)14(2)11-7-6-9(17-3)8-12(11)18-4/h6-8,10H,5H2,1-4H3,(H,15,16)/t10-/m1/s1. The second kappa shape index (κ2) is 6.14. The van der Waals surface area contributed by atoms with E-state index in [-0.39, 0.29) is 0 Å². The summed E-state index contributed by atoms with van der Waals surface area (Å²) in [7, 11) is 4.87. The molecule has 100 valence electrons. The second-order valence-corrected chi connectivity index (χ2v) is 3.91. The first-order valence-electron chi connectivity index (χ1n) is 5.72. The molecule has 1 aromatic carbocycles. The van der Waals surface area contributed by atoms with Gasteiger partial charge in [0.05, 0.1) is 19.9 Å². The van der Waals surface area contributed by atoms with Crippen LogP contribution in [0.5, 0.6) is 11.5 Å². The summed E-state index contributed by atoms with van der Waals surface area (Å²) in [6.07, 6.45) is 0.515. The number of benzene rings is 1. The molecule has 0 saturated heterocycles. The number of carboxylic acid groups (broad SMARTS) is 1. The van der Waals surface area contributed by atoms with Crippen LogP contribution >= 0.6 is 0 Å². The molecule has 0 amide bonds. The zero-order valence-corrected chi connectivity index (χ0v) is 11.1. The largest absolute Gasteiger partial charge is 0.497 e. The minimum absolute atomic E-state index is 0.515. The number of carbonyl (C=O) groups is 1. The van der Waals surface area contributed by atoms with E-state index < -0.39 is 12.0 Å². The van der Waals surface area contributed by atoms with E-state index in [1.807, 2.05) is 6.92 Å². The highest BCUT2D eigenvalue weighted by molar-refractivity contribution is 5.79. The van der Waals surface area contributed by atoms with Gasteiger partial charge in [-0.2, -0.15) is 0 Å². The van der Waals surface area contributed by atoms with Crippen LogP contribution in [0.2, 0.25) is 0 Å². The van der Waals surface area contributed by atoms with Crippen LogP contribution in [0.3, 0.4) is 0 Å². The Kier molecular flexibility index (Phi) is 4.83. The first-order valence-corrected chi connectivity index (χ1v) is 5.72. The van der Waals surface area contributed by atoms with Gasteiger partial charge in [0, 0.05) is 13.1 Å². The predicted molar refractivity (Wildman–Crippen MR) is 69.7 cm³/mol. The maximum absolute atomic E-state index is 11.2. The van der Waals surface area contributed by atoms with Gasteiger partial charge in [0.15, 0.2) is 0 Å². The SMILES string of the molecule is CC[C@H](C(=O)O)N(C)c1ccc(OC)cc1OC. The van der Waals surface area contributed by atoms with Crippen molar-refractivity contribution < 1.29 is 19.4 Å². The molecule has 0 fully saturated rings. The van der Waals surface area contributed by atoms with Crippen molar-refractivity contribution in [2.45, 2.75) is 19.4 Å². The van der Waals surface area contributed by atoms with E-state index in [2.05, 4.69) is 0 Å². The van der Waals surface area contributed by atoms with Crippen LogP contribution < -0.4 is 14.4 Å². The van der Waals surface area contributed by atoms with E-state index in [0.717, 1.165) is 5.69 Å². The Bertz CT molecular complexity index is 419. The molecule has 1 rings (SSSR count). The molecule has 0 saturated carbocycles. The van der Waals surface area contributed by atoms with E-state index >= 15 is 0 Å². The molecular weight excluding hydrogens is 234 g/mol. The molecule has 18 heavy (non-hydrogen) atoms. The summed E-state index contributed by atoms with van der Waals surface area (Å²) >= 11 is 0. The van der Waals surface area contributed by atoms with E-state index in [1.165, 1.54) is 0 Å². The number of hydrogen-bond donors (Lipinski definition) is 1. The minimum atomic E-state index is -0.849. The number of methoxy groups -OCH3 is 2. The van der Waals surface area contributed by atoms with Crippen molar-refractivity contribution in [3.8, 4) is 11.5 Å². The number of ether oxygens (including phenoxy) is 2. The molecule has 0 aliphatic heterocycles. The maximum Gasteiger partial charge on any atom is 0.326 e. The van der Waals surface area contributed by atoms with E-state index in [9.17, 15) is 4.79 Å². The Balaban J connectivity index is 3.11. The number of nitrogens with zero attached hydrogens (tertiary/aromatic N) is 1. The van der Waals surface area contributed by atoms with Crippen LogP contribution in [0.4, 0.5) is 5.69 Å². The number of hydrogen-bond acceptors (Lipinski definition) is 4. The van der Waals surface area contributed by atoms with Crippen LogP contribution in [0, 0.1) is 0 Å². The van der Waals surface area contributed by atoms with Gasteiger partial charge in [-0.3, -0.25) is 0 Å². The lowest BCUT2D eigenvalue weighted by molar-refractivity contribution is -0.138. The fraction of sp³-hybridized carbons (Fsp3) is 0.462. The Hall–Kier alpha value is -1.91. The highest BCUT2D eigenvalue weighted by Crippen LogP contribution is 2.32. The molecule has 5 heteroatoms. The summed E-state index contributed by atoms with van der Waals surface area (Å²) in [6.45, 7) is 1.84. The maximum atomic E-state index is 11.2. The average molecular weight is 253 g/mol. The van der Waals surface area contributed by atoms with Gasteiger partial charge in [0.2, 0.25) is 0 Å². The van der Waals surface area contributed by atoms with Gasteiger partial charge >= 0.3 is 5.97 Å². The van der Waals surface area contributed by atoms with Crippen molar-refractivity contribution in [1.82, 2.24) is 0 Å². The summed E-state index contributed by atoms with van der Waals surface area (Å²) in [4.78, 5) is 12.9. The van der Waals surface area contributed by atoms with E-state index in [1.54, 1.807) is 44.4 Å². The molecule has 0 heterocycles. The quantitative estimate of drug-likeness (QED) is 0.840. The molecule has 0 aromatic heterocycles. The lowest BCUT2D eigenvalue weighted by Crippen LogP contribution is -2.38. The van der Waals surface area contributed by atoms with Crippen LogP contribution in [0.15, 0.2) is 18.2 Å². The van der Waals surface area contributed by atoms with E-state index in [0.29, 0.717) is 17.9 Å². The molecule has 0 aliphatic rings. The molecule has 0 aliphatic carbocycles. The van der Waals surface area contributed by atoms with Crippen molar-refractivity contribution in [3.63, 3.8) is 0 Å². The predicted octanol–water partition coefficient (Wildman–Crippen LogP) is 2.00. The zero-order chi connectivity index (χ0) is 13.7. The van der Waals surface area contributed by atoms with Gasteiger partial charge < -0.3 is 19.5 Å². The lowest BCUT2D eigenvalue weighted by Gasteiger charge is -2.27. The third-order valence-electron chi connectivity index (χ3n) is 2.91. The number of carboxylic acids is 1. The van der Waals surface area contributed by atoms with Crippen molar-refractivity contribution >= 4 is 11.7 Å². The molecule has 0 radical (unpaired) electrons. The van der Waals surface area contributed by atoms with Gasteiger partial charge in [-0.05, 0) is 18.6 Å². The van der Waals surface area contributed by atoms with Crippen LogP contribution in [-0.2, 0) is 4.79 Å². The monoisotopic (exact) mass is 253 g/mol. The molecule has 1 N–H and O–H groups in total. The number of likely N-dealkylation sites (N-methyl/N-ethyl adjacent to an activating group) is 1. The summed E-state index contributed by atoms with van der Waals surface area (Å²) in [5.41, 5.74) is 0.729. The number of aliphatic carboxylic acids is 1. The molecule has 5 nitrogen and oxygen atoms in total. The van der Waals surface area contributed by atoms with Gasteiger partial charge in [-0.1, -0.05) is 6.92 Å². The van der Waals surface area contributed by atoms with Crippen LogP contribution in [0.1, 0.15) is 13.3 Å². The summed E-state index contributed by atoms with van der Waals surface area (Å²) < 4.78 is 10.4. The van der Waals surface area contributed by atoms with Gasteiger partial charge in [-0.15, -0.1) is 0 Å². The topological polar surface area (TPSA) is 59.0 Å². The van der Waals surface area contributed by atoms with E-state index in [4.69, 9.17) is 14.6 Å². The minimum Gasteiger partial charge on any atom is -0.497 e. The number of anilines is 1. The van der Waals surface area contributed by atoms with Crippen molar-refractivity contribution in [2.75, 3.05) is 26.2 Å². The Morgan fingerprint density at radius 1 is 1.39 bits per heavy atom. The molecular formula is C13H19NO4. The zero-order valence-electron chi connectivity index (χ0n) is 11.1. The van der Waals surface area contributed by atoms with Crippen molar-refractivity contribution in [2.24, 2.45) is 0 Å². The Morgan fingerprint density at radius 3 is 2.50 bits per heavy atom. The van der Waals surface area contributed by atoms with Gasteiger partial charge in [-0.25, -0.2) is 4.79 Å². The molecule has 0 spiro atoms. The molecule has 1 aromatic rings.